The Morgan fingerprint density at radius 2 is 1.70 bits per heavy atom. The van der Waals surface area contributed by atoms with Gasteiger partial charge in [0.05, 0.1) is 6.61 Å². The Labute approximate surface area is 188 Å². The summed E-state index contributed by atoms with van der Waals surface area (Å²) in [5, 5.41) is 0. The van der Waals surface area contributed by atoms with Crippen LogP contribution in [-0.4, -0.2) is 17.5 Å². The number of epoxide rings is 1. The van der Waals surface area contributed by atoms with Crippen LogP contribution in [0.2, 0.25) is 0 Å². The number of rotatable bonds is 7. The van der Waals surface area contributed by atoms with Gasteiger partial charge in [0.1, 0.15) is 18.2 Å². The molecule has 1 atom stereocenters. The van der Waals surface area contributed by atoms with Crippen molar-refractivity contribution in [1.82, 2.24) is 4.98 Å². The van der Waals surface area contributed by atoms with Crippen LogP contribution in [0.5, 0.6) is 5.88 Å². The smallest absolute Gasteiger partial charge is 0.288 e. The van der Waals surface area contributed by atoms with Gasteiger partial charge in [-0.1, -0.05) is 36.4 Å². The monoisotopic (exact) mass is 455 g/mol. The molecule has 3 aliphatic carbocycles. The van der Waals surface area contributed by atoms with Crippen molar-refractivity contribution in [3.05, 3.63) is 95.2 Å². The molecule has 1 unspecified atom stereocenters. The van der Waals surface area contributed by atoms with Crippen molar-refractivity contribution in [2.75, 3.05) is 6.61 Å². The molecule has 0 spiro atoms. The molecule has 7 rings (SSSR count). The second-order valence-corrected chi connectivity index (χ2v) is 9.56. The maximum absolute atomic E-state index is 15.7. The molecule has 0 amide bonds. The minimum Gasteiger partial charge on any atom is -0.473 e. The first-order valence-corrected chi connectivity index (χ1v) is 10.9. The standard InChI is InChI=1S/C26H21F4NO2/c27-19-7-8-20(21(28)10-19)25(16-33-25)26(29,30)24-13-23(14-24,15-24)18-6-9-22(31-11-18)32-12-17-4-2-1-3-5-17/h1-11H,12-16H2. The van der Waals surface area contributed by atoms with Crippen LogP contribution < -0.4 is 4.74 Å². The van der Waals surface area contributed by atoms with E-state index in [1.807, 2.05) is 36.4 Å². The third-order valence-electron chi connectivity index (χ3n) is 7.58. The van der Waals surface area contributed by atoms with Crippen LogP contribution in [0.15, 0.2) is 66.9 Å². The van der Waals surface area contributed by atoms with E-state index < -0.39 is 28.6 Å². The van der Waals surface area contributed by atoms with E-state index in [4.69, 9.17) is 9.47 Å². The lowest BCUT2D eigenvalue weighted by Gasteiger charge is -2.73. The van der Waals surface area contributed by atoms with Gasteiger partial charge in [-0.15, -0.1) is 0 Å². The number of aromatic nitrogens is 1. The molecule has 0 N–H and O–H groups in total. The summed E-state index contributed by atoms with van der Waals surface area (Å²) in [5.74, 6) is -4.58. The van der Waals surface area contributed by atoms with Crippen molar-refractivity contribution in [3.63, 3.8) is 0 Å². The predicted octanol–water partition coefficient (Wildman–Crippen LogP) is 5.92. The molecule has 1 saturated heterocycles. The highest BCUT2D eigenvalue weighted by Crippen LogP contribution is 2.81. The molecule has 4 aliphatic rings. The average Bonchev–Trinajstić information content (AvgIpc) is 3.54. The van der Waals surface area contributed by atoms with E-state index in [1.165, 1.54) is 0 Å². The molecule has 3 aromatic rings. The van der Waals surface area contributed by atoms with E-state index in [1.54, 1.807) is 12.3 Å². The van der Waals surface area contributed by atoms with Gasteiger partial charge in [-0.2, -0.15) is 0 Å². The Kier molecular flexibility index (Phi) is 4.25. The average molecular weight is 455 g/mol. The van der Waals surface area contributed by atoms with Gasteiger partial charge < -0.3 is 9.47 Å². The van der Waals surface area contributed by atoms with E-state index >= 15 is 8.78 Å². The Bertz CT molecular complexity index is 1190. The maximum atomic E-state index is 15.7. The SMILES string of the molecule is Fc1ccc(C2(C(F)(F)C34CC(c5ccc(OCc6ccccc6)nc5)(C3)C4)CO2)c(F)c1. The second-order valence-electron chi connectivity index (χ2n) is 9.56. The van der Waals surface area contributed by atoms with Crippen LogP contribution in [0, 0.1) is 17.0 Å². The summed E-state index contributed by atoms with van der Waals surface area (Å²) < 4.78 is 69.9. The summed E-state index contributed by atoms with van der Waals surface area (Å²) in [6.07, 6.45) is 2.55. The summed E-state index contributed by atoms with van der Waals surface area (Å²) in [7, 11) is 0. The lowest BCUT2D eigenvalue weighted by atomic mass is 9.31. The fraction of sp³-hybridized carbons (Fsp3) is 0.346. The summed E-state index contributed by atoms with van der Waals surface area (Å²) in [6.45, 7) is 0.127. The van der Waals surface area contributed by atoms with Gasteiger partial charge in [0.15, 0.2) is 5.60 Å². The van der Waals surface area contributed by atoms with Crippen LogP contribution in [0.1, 0.15) is 36.0 Å². The number of hydrogen-bond acceptors (Lipinski definition) is 3. The number of hydrogen-bond donors (Lipinski definition) is 0. The van der Waals surface area contributed by atoms with Crippen LogP contribution in [0.4, 0.5) is 17.6 Å². The summed E-state index contributed by atoms with van der Waals surface area (Å²) >= 11 is 0. The van der Waals surface area contributed by atoms with Gasteiger partial charge in [0.2, 0.25) is 5.88 Å². The van der Waals surface area contributed by atoms with Gasteiger partial charge in [0, 0.05) is 29.3 Å². The molecule has 2 aromatic carbocycles. The fourth-order valence-corrected chi connectivity index (χ4v) is 5.76. The largest absolute Gasteiger partial charge is 0.473 e. The molecule has 170 valence electrons. The van der Waals surface area contributed by atoms with E-state index in [0.29, 0.717) is 18.6 Å². The first-order valence-electron chi connectivity index (χ1n) is 10.9. The molecule has 1 aromatic heterocycles. The van der Waals surface area contributed by atoms with Crippen molar-refractivity contribution in [1.29, 1.82) is 0 Å². The van der Waals surface area contributed by atoms with Crippen molar-refractivity contribution in [3.8, 4) is 5.88 Å². The highest BCUT2D eigenvalue weighted by atomic mass is 19.3. The molecule has 33 heavy (non-hydrogen) atoms. The Hall–Kier alpha value is -2.93. The van der Waals surface area contributed by atoms with Crippen LogP contribution in [0.3, 0.4) is 0 Å². The topological polar surface area (TPSA) is 34.6 Å². The lowest BCUT2D eigenvalue weighted by Crippen LogP contribution is -2.74. The number of pyridine rings is 1. The molecule has 3 nitrogen and oxygen atoms in total. The van der Waals surface area contributed by atoms with Gasteiger partial charge >= 0.3 is 0 Å². The molecule has 2 bridgehead atoms. The summed E-state index contributed by atoms with van der Waals surface area (Å²) in [4.78, 5) is 4.36. The zero-order chi connectivity index (χ0) is 22.9. The van der Waals surface area contributed by atoms with Crippen LogP contribution in [-0.2, 0) is 22.4 Å². The number of benzene rings is 2. The minimum absolute atomic E-state index is 0.269. The molecule has 4 fully saturated rings. The molecular weight excluding hydrogens is 434 g/mol. The van der Waals surface area contributed by atoms with Crippen molar-refractivity contribution in [2.24, 2.45) is 5.41 Å². The Morgan fingerprint density at radius 3 is 2.30 bits per heavy atom. The fourth-order valence-electron chi connectivity index (χ4n) is 5.76. The lowest BCUT2D eigenvalue weighted by molar-refractivity contribution is -0.306. The zero-order valence-electron chi connectivity index (χ0n) is 17.7. The predicted molar refractivity (Wildman–Crippen MR) is 112 cm³/mol. The van der Waals surface area contributed by atoms with Gasteiger partial charge in [-0.25, -0.2) is 22.5 Å². The molecule has 7 heteroatoms. The van der Waals surface area contributed by atoms with Crippen molar-refractivity contribution >= 4 is 0 Å². The first-order chi connectivity index (χ1) is 15.8. The third-order valence-corrected chi connectivity index (χ3v) is 7.58. The third kappa shape index (κ3) is 2.88. The van der Waals surface area contributed by atoms with E-state index in [-0.39, 0.29) is 36.8 Å². The number of ether oxygens (including phenoxy) is 2. The Balaban J connectivity index is 1.15. The normalized spacial score (nSPS) is 29.7. The molecule has 1 aliphatic heterocycles. The van der Waals surface area contributed by atoms with Crippen LogP contribution >= 0.6 is 0 Å². The number of nitrogens with zero attached hydrogens (tertiary/aromatic N) is 1. The highest BCUT2D eigenvalue weighted by molar-refractivity contribution is 5.44. The van der Waals surface area contributed by atoms with Gasteiger partial charge in [-0.05, 0) is 47.9 Å². The molecule has 3 saturated carbocycles. The maximum Gasteiger partial charge on any atom is 0.288 e. The quantitative estimate of drug-likeness (QED) is 0.328. The van der Waals surface area contributed by atoms with Gasteiger partial charge in [0.25, 0.3) is 5.92 Å². The summed E-state index contributed by atoms with van der Waals surface area (Å²) in [5.41, 5.74) is -1.93. The molecule has 0 radical (unpaired) electrons. The summed E-state index contributed by atoms with van der Waals surface area (Å²) in [6, 6.07) is 16.1. The van der Waals surface area contributed by atoms with Crippen molar-refractivity contribution < 1.29 is 27.0 Å². The zero-order valence-corrected chi connectivity index (χ0v) is 17.7. The van der Waals surface area contributed by atoms with Crippen LogP contribution in [0.25, 0.3) is 0 Å². The molecule has 2 heterocycles. The number of halogens is 4. The van der Waals surface area contributed by atoms with E-state index in [0.717, 1.165) is 23.3 Å². The highest BCUT2D eigenvalue weighted by Gasteiger charge is 2.85. The van der Waals surface area contributed by atoms with Crippen molar-refractivity contribution in [2.45, 2.75) is 42.8 Å². The first kappa shape index (κ1) is 20.7. The second kappa shape index (κ2) is 6.79. The van der Waals surface area contributed by atoms with E-state index in [2.05, 4.69) is 4.98 Å². The number of alkyl halides is 2. The van der Waals surface area contributed by atoms with E-state index in [9.17, 15) is 8.78 Å². The minimum atomic E-state index is -3.26. The molecular formula is C26H21F4NO2. The van der Waals surface area contributed by atoms with Gasteiger partial charge in [-0.3, -0.25) is 0 Å². The Morgan fingerprint density at radius 1 is 0.970 bits per heavy atom.